The van der Waals surface area contributed by atoms with Crippen molar-refractivity contribution < 1.29 is 75.0 Å². The van der Waals surface area contributed by atoms with Crippen LogP contribution in [0, 0.1) is 4.91 Å². The van der Waals surface area contributed by atoms with E-state index in [0.717, 1.165) is 40.0 Å². The number of carbonyl (C=O) groups is 4. The van der Waals surface area contributed by atoms with Crippen molar-refractivity contribution in [3.63, 3.8) is 0 Å². The highest BCUT2D eigenvalue weighted by molar-refractivity contribution is 6.17. The van der Waals surface area contributed by atoms with Gasteiger partial charge in [-0.15, -0.1) is 11.6 Å². The van der Waals surface area contributed by atoms with E-state index in [-0.39, 0.29) is 17.2 Å². The second-order valence-corrected chi connectivity index (χ2v) is 11.1. The standard InChI is InChI=1S/C28H33ClF3N5O13/c1-12(38)45-11-17-20(46-13(2)39)23(47-14(3)40)19(37(42)16-7-5-6-15(10-16)28(30,31)32)26(48-17)49-22-18(35-36-34)21(43-4)24(25(33)41)50-27(22)44-9-8-29/h5-7,10,17-24,26-27H,8-9,11H2,1-4H3,(H-,33,41)/p+1. The molecule has 10 unspecified atom stereocenters. The lowest BCUT2D eigenvalue weighted by Gasteiger charge is -2.46. The van der Waals surface area contributed by atoms with Crippen LogP contribution >= 0.6 is 11.6 Å². The molecule has 10 atom stereocenters. The molecule has 0 spiro atoms. The number of azide groups is 1. The first-order valence-electron chi connectivity index (χ1n) is 14.7. The minimum atomic E-state index is -4.89. The van der Waals surface area contributed by atoms with E-state index in [1.807, 2.05) is 0 Å². The fourth-order valence-electron chi connectivity index (χ4n) is 5.34. The van der Waals surface area contributed by atoms with Crippen molar-refractivity contribution in [2.45, 2.75) is 88.2 Å². The Labute approximate surface area is 286 Å². The largest absolute Gasteiger partial charge is 0.463 e. The Hall–Kier alpha value is -4.11. The van der Waals surface area contributed by atoms with Gasteiger partial charge in [-0.25, -0.2) is 0 Å². The topological polar surface area (TPSA) is 237 Å². The number of esters is 3. The summed E-state index contributed by atoms with van der Waals surface area (Å²) in [5, 5.41) is 3.67. The maximum absolute atomic E-state index is 14.2. The molecule has 2 N–H and O–H groups in total. The summed E-state index contributed by atoms with van der Waals surface area (Å²) in [5.41, 5.74) is 13.1. The fraction of sp³-hybridized carbons (Fsp3) is 0.643. The van der Waals surface area contributed by atoms with Crippen molar-refractivity contribution in [2.24, 2.45) is 10.8 Å². The highest BCUT2D eigenvalue weighted by Gasteiger charge is 2.61. The number of nitrogens with two attached hydrogens (primary N) is 1. The molecule has 1 aromatic carbocycles. The summed E-state index contributed by atoms with van der Waals surface area (Å²) in [5.74, 6) is -4.02. The lowest BCUT2D eigenvalue weighted by atomic mass is 9.93. The molecule has 18 nitrogen and oxygen atoms in total. The molecule has 2 heterocycles. The van der Waals surface area contributed by atoms with Gasteiger partial charge in [-0.1, -0.05) is 11.2 Å². The van der Waals surface area contributed by atoms with E-state index in [9.17, 15) is 42.8 Å². The molecule has 1 aromatic rings. The van der Waals surface area contributed by atoms with Gasteiger partial charge in [0.05, 0.1) is 18.2 Å². The average Bonchev–Trinajstić information content (AvgIpc) is 3.03. The fourth-order valence-corrected chi connectivity index (χ4v) is 5.43. The smallest absolute Gasteiger partial charge is 0.416 e. The predicted octanol–water partition coefficient (Wildman–Crippen LogP) is 2.18. The first-order chi connectivity index (χ1) is 23.5. The number of nitrogens with zero attached hydrogens (tertiary/aromatic N) is 4. The van der Waals surface area contributed by atoms with Crippen LogP contribution < -0.4 is 5.73 Å². The van der Waals surface area contributed by atoms with E-state index in [2.05, 4.69) is 10.0 Å². The van der Waals surface area contributed by atoms with Gasteiger partial charge in [0, 0.05) is 60.5 Å². The molecule has 1 amide bonds. The van der Waals surface area contributed by atoms with Gasteiger partial charge in [-0.2, -0.15) is 13.2 Å². The zero-order chi connectivity index (χ0) is 37.3. The molecular weight excluding hydrogens is 707 g/mol. The Morgan fingerprint density at radius 1 is 1.02 bits per heavy atom. The normalized spacial score (nSPS) is 29.6. The molecule has 2 aliphatic heterocycles. The number of hydrogen-bond acceptors (Lipinski definition) is 14. The van der Waals surface area contributed by atoms with E-state index >= 15 is 0 Å². The first kappa shape index (κ1) is 40.3. The van der Waals surface area contributed by atoms with Crippen molar-refractivity contribution in [3.8, 4) is 0 Å². The van der Waals surface area contributed by atoms with Crippen LogP contribution in [0.25, 0.3) is 10.4 Å². The van der Waals surface area contributed by atoms with Gasteiger partial charge in [0.25, 0.3) is 11.7 Å². The molecule has 0 radical (unpaired) electrons. The van der Waals surface area contributed by atoms with E-state index in [1.54, 1.807) is 0 Å². The summed E-state index contributed by atoms with van der Waals surface area (Å²) in [4.78, 5) is 65.7. The van der Waals surface area contributed by atoms with Gasteiger partial charge in [0.1, 0.15) is 24.9 Å². The Kier molecular flexibility index (Phi) is 14.3. The molecule has 2 saturated heterocycles. The highest BCUT2D eigenvalue weighted by Crippen LogP contribution is 2.38. The van der Waals surface area contributed by atoms with Crippen LogP contribution in [0.15, 0.2) is 29.4 Å². The minimum Gasteiger partial charge on any atom is -0.463 e. The number of ether oxygens (including phenoxy) is 8. The van der Waals surface area contributed by atoms with Crippen LogP contribution in [-0.4, -0.2) is 116 Å². The van der Waals surface area contributed by atoms with Crippen LogP contribution in [0.4, 0.5) is 18.9 Å². The number of primary amides is 1. The summed E-state index contributed by atoms with van der Waals surface area (Å²) in [6.07, 6.45) is -18.4. The number of hydrogen-bond donors (Lipinski definition) is 1. The maximum atomic E-state index is 14.2. The van der Waals surface area contributed by atoms with Gasteiger partial charge in [0.2, 0.25) is 18.3 Å². The third-order valence-electron chi connectivity index (χ3n) is 7.28. The SMILES string of the molecule is COC1C(C(N)=O)OC(OCCCl)C(OC2OC(COC(C)=O)C(OC(C)=O)C(OC(C)=O)C2[N+](=O)c2cccc(C(F)(F)F)c2)C1N=[N+]=[N-]. The van der Waals surface area contributed by atoms with E-state index in [4.69, 9.17) is 55.2 Å². The van der Waals surface area contributed by atoms with Gasteiger partial charge in [0.15, 0.2) is 18.5 Å². The van der Waals surface area contributed by atoms with E-state index in [1.165, 1.54) is 0 Å². The summed E-state index contributed by atoms with van der Waals surface area (Å²) in [6, 6.07) is -0.418. The second kappa shape index (κ2) is 17.7. The van der Waals surface area contributed by atoms with E-state index in [0.29, 0.717) is 12.1 Å². The van der Waals surface area contributed by atoms with Gasteiger partial charge >= 0.3 is 24.1 Å². The third-order valence-corrected chi connectivity index (χ3v) is 7.43. The maximum Gasteiger partial charge on any atom is 0.416 e. The quantitative estimate of drug-likeness (QED) is 0.0548. The molecular formula is C28H34ClF3N5O13+. The van der Waals surface area contributed by atoms with Crippen LogP contribution in [-0.2, 0) is 63.2 Å². The molecule has 276 valence electrons. The molecule has 2 fully saturated rings. The van der Waals surface area contributed by atoms with Crippen molar-refractivity contribution in [1.29, 1.82) is 0 Å². The Bertz CT molecular complexity index is 1470. The molecule has 0 bridgehead atoms. The van der Waals surface area contributed by atoms with Crippen LogP contribution in [0.1, 0.15) is 26.3 Å². The molecule has 22 heteroatoms. The lowest BCUT2D eigenvalue weighted by Crippen LogP contribution is -2.67. The number of halogens is 4. The van der Waals surface area contributed by atoms with Gasteiger partial charge in [-0.05, 0) is 11.6 Å². The number of carbonyl (C=O) groups excluding carboxylic acids is 4. The van der Waals surface area contributed by atoms with Crippen molar-refractivity contribution in [1.82, 2.24) is 0 Å². The van der Waals surface area contributed by atoms with Crippen molar-refractivity contribution in [2.75, 3.05) is 26.2 Å². The second-order valence-electron chi connectivity index (χ2n) is 10.7. The van der Waals surface area contributed by atoms with E-state index < -0.39 is 109 Å². The third kappa shape index (κ3) is 9.99. The summed E-state index contributed by atoms with van der Waals surface area (Å²) < 4.78 is 85.7. The Balaban J connectivity index is 2.26. The van der Waals surface area contributed by atoms with Crippen LogP contribution in [0.2, 0.25) is 0 Å². The van der Waals surface area contributed by atoms with Gasteiger partial charge in [-0.3, -0.25) is 19.2 Å². The summed E-state index contributed by atoms with van der Waals surface area (Å²) in [6.45, 7) is 2.02. The number of alkyl halides is 4. The number of amides is 1. The zero-order valence-corrected chi connectivity index (χ0v) is 27.6. The Morgan fingerprint density at radius 3 is 2.22 bits per heavy atom. The van der Waals surface area contributed by atoms with Crippen molar-refractivity contribution >= 4 is 41.1 Å². The number of methoxy groups -OCH3 is 1. The number of nitroso groups, excluding NO2 is 1. The molecule has 0 aromatic heterocycles. The van der Waals surface area contributed by atoms with Gasteiger partial charge < -0.3 is 43.6 Å². The zero-order valence-electron chi connectivity index (χ0n) is 26.9. The summed E-state index contributed by atoms with van der Waals surface area (Å²) in [7, 11) is 1.13. The van der Waals surface area contributed by atoms with Crippen LogP contribution in [0.5, 0.6) is 0 Å². The van der Waals surface area contributed by atoms with Crippen molar-refractivity contribution in [3.05, 3.63) is 45.2 Å². The monoisotopic (exact) mass is 740 g/mol. The van der Waals surface area contributed by atoms with Crippen LogP contribution in [0.3, 0.4) is 0 Å². The first-order valence-corrected chi connectivity index (χ1v) is 15.2. The molecule has 0 saturated carbocycles. The molecule has 0 aliphatic carbocycles. The number of rotatable bonds is 14. The predicted molar refractivity (Wildman–Crippen MR) is 158 cm³/mol. The molecule has 3 rings (SSSR count). The number of benzene rings is 1. The lowest BCUT2D eigenvalue weighted by molar-refractivity contribution is -0.564. The average molecular weight is 741 g/mol. The molecule has 2 aliphatic rings. The summed E-state index contributed by atoms with van der Waals surface area (Å²) >= 11 is 5.79. The Morgan fingerprint density at radius 2 is 1.68 bits per heavy atom. The minimum absolute atomic E-state index is 0.0209. The highest BCUT2D eigenvalue weighted by atomic mass is 35.5. The molecule has 50 heavy (non-hydrogen) atoms.